The Kier molecular flexibility index (Phi) is 4.61. The summed E-state index contributed by atoms with van der Waals surface area (Å²) in [6.45, 7) is 6.63. The van der Waals surface area contributed by atoms with Gasteiger partial charge in [-0.1, -0.05) is 12.1 Å². The van der Waals surface area contributed by atoms with Gasteiger partial charge in [-0.05, 0) is 55.5 Å². The number of hydrogen-bond acceptors (Lipinski definition) is 3. The lowest BCUT2D eigenvalue weighted by atomic mass is 9.79. The van der Waals surface area contributed by atoms with Crippen LogP contribution in [0, 0.1) is 11.2 Å². The molecule has 1 aromatic carbocycles. The minimum Gasteiger partial charge on any atom is -0.298 e. The highest BCUT2D eigenvalue weighted by atomic mass is 19.1. The molecular weight excluding hydrogens is 315 g/mol. The lowest BCUT2D eigenvalue weighted by Crippen LogP contribution is -2.44. The van der Waals surface area contributed by atoms with Gasteiger partial charge in [0.15, 0.2) is 0 Å². The normalized spacial score (nSPS) is 25.0. The largest absolute Gasteiger partial charge is 0.298 e. The summed E-state index contributed by atoms with van der Waals surface area (Å²) in [5.41, 5.74) is 2.95. The Hall–Kier alpha value is -1.72. The van der Waals surface area contributed by atoms with E-state index in [1.54, 1.807) is 12.1 Å². The first-order valence-electron chi connectivity index (χ1n) is 9.27. The lowest BCUT2D eigenvalue weighted by molar-refractivity contribution is 0.0866. The van der Waals surface area contributed by atoms with Crippen molar-refractivity contribution in [3.05, 3.63) is 53.6 Å². The number of nitrogens with zero attached hydrogens (tertiary/aromatic N) is 4. The molecule has 2 aromatic rings. The summed E-state index contributed by atoms with van der Waals surface area (Å²) in [6.07, 6.45) is 7.99. The molecular formula is C20H27FN4. The summed E-state index contributed by atoms with van der Waals surface area (Å²) >= 11 is 0. The van der Waals surface area contributed by atoms with Crippen LogP contribution < -0.4 is 0 Å². The van der Waals surface area contributed by atoms with Gasteiger partial charge in [-0.2, -0.15) is 5.10 Å². The zero-order valence-corrected chi connectivity index (χ0v) is 15.0. The van der Waals surface area contributed by atoms with Gasteiger partial charge in [0.2, 0.25) is 0 Å². The van der Waals surface area contributed by atoms with Gasteiger partial charge in [-0.15, -0.1) is 0 Å². The summed E-state index contributed by atoms with van der Waals surface area (Å²) in [6, 6.07) is 6.96. The predicted molar refractivity (Wildman–Crippen MR) is 96.4 cm³/mol. The molecule has 2 fully saturated rings. The molecule has 1 atom stereocenters. The van der Waals surface area contributed by atoms with E-state index in [2.05, 4.69) is 21.1 Å². The fourth-order valence-electron chi connectivity index (χ4n) is 4.60. The van der Waals surface area contributed by atoms with Crippen LogP contribution in [0.2, 0.25) is 0 Å². The number of piperidine rings is 1. The first-order chi connectivity index (χ1) is 12.1. The molecule has 4 nitrogen and oxygen atoms in total. The topological polar surface area (TPSA) is 24.3 Å². The van der Waals surface area contributed by atoms with E-state index >= 15 is 0 Å². The zero-order chi connectivity index (χ0) is 17.3. The third kappa shape index (κ3) is 3.93. The monoisotopic (exact) mass is 342 g/mol. The van der Waals surface area contributed by atoms with Gasteiger partial charge in [0.05, 0.1) is 6.20 Å². The first kappa shape index (κ1) is 16.7. The fraction of sp³-hybridized carbons (Fsp3) is 0.550. The zero-order valence-electron chi connectivity index (χ0n) is 15.0. The van der Waals surface area contributed by atoms with E-state index in [1.807, 2.05) is 30.1 Å². The van der Waals surface area contributed by atoms with Crippen LogP contribution in [0.1, 0.15) is 30.4 Å². The Balaban J connectivity index is 1.36. The number of rotatable bonds is 4. The molecule has 134 valence electrons. The smallest absolute Gasteiger partial charge is 0.123 e. The van der Waals surface area contributed by atoms with Gasteiger partial charge in [0, 0.05) is 45.0 Å². The number of halogens is 1. The highest BCUT2D eigenvalue weighted by molar-refractivity contribution is 5.16. The molecule has 0 saturated carbocycles. The molecule has 0 unspecified atom stereocenters. The second-order valence-electron chi connectivity index (χ2n) is 7.92. The van der Waals surface area contributed by atoms with E-state index in [1.165, 1.54) is 43.5 Å². The molecule has 0 radical (unpaired) electrons. The highest BCUT2D eigenvalue weighted by Gasteiger charge is 2.41. The maximum Gasteiger partial charge on any atom is 0.123 e. The van der Waals surface area contributed by atoms with Crippen molar-refractivity contribution in [3.8, 4) is 0 Å². The van der Waals surface area contributed by atoms with E-state index in [0.717, 1.165) is 26.2 Å². The summed E-state index contributed by atoms with van der Waals surface area (Å²) in [5.74, 6) is -0.153. The minimum atomic E-state index is -0.153. The van der Waals surface area contributed by atoms with Crippen LogP contribution in [-0.4, -0.2) is 45.8 Å². The van der Waals surface area contributed by atoms with Crippen LogP contribution in [-0.2, 0) is 20.1 Å². The molecule has 0 N–H and O–H groups in total. The Labute approximate surface area is 149 Å². The van der Waals surface area contributed by atoms with E-state index in [-0.39, 0.29) is 5.82 Å². The van der Waals surface area contributed by atoms with E-state index in [9.17, 15) is 4.39 Å². The highest BCUT2D eigenvalue weighted by Crippen LogP contribution is 2.39. The van der Waals surface area contributed by atoms with Crippen molar-refractivity contribution in [1.82, 2.24) is 19.6 Å². The number of benzene rings is 1. The summed E-state index contributed by atoms with van der Waals surface area (Å²) in [7, 11) is 1.98. The van der Waals surface area contributed by atoms with Crippen LogP contribution in [0.5, 0.6) is 0 Å². The van der Waals surface area contributed by atoms with Crippen LogP contribution in [0.15, 0.2) is 36.7 Å². The van der Waals surface area contributed by atoms with Crippen molar-refractivity contribution in [1.29, 1.82) is 0 Å². The number of aromatic nitrogens is 2. The Morgan fingerprint density at radius 3 is 2.44 bits per heavy atom. The number of likely N-dealkylation sites (tertiary alicyclic amines) is 2. The van der Waals surface area contributed by atoms with Gasteiger partial charge >= 0.3 is 0 Å². The Bertz CT molecular complexity index is 711. The Morgan fingerprint density at radius 1 is 1.00 bits per heavy atom. The molecule has 2 aliphatic heterocycles. The average Bonchev–Trinajstić information content (AvgIpc) is 3.16. The number of hydrogen-bond donors (Lipinski definition) is 0. The second-order valence-corrected chi connectivity index (χ2v) is 7.92. The van der Waals surface area contributed by atoms with Crippen LogP contribution >= 0.6 is 0 Å². The third-order valence-corrected chi connectivity index (χ3v) is 5.74. The van der Waals surface area contributed by atoms with Crippen LogP contribution in [0.4, 0.5) is 4.39 Å². The van der Waals surface area contributed by atoms with Crippen molar-refractivity contribution >= 4 is 0 Å². The van der Waals surface area contributed by atoms with Crippen molar-refractivity contribution in [2.24, 2.45) is 12.5 Å². The van der Waals surface area contributed by atoms with Gasteiger partial charge < -0.3 is 0 Å². The van der Waals surface area contributed by atoms with Crippen molar-refractivity contribution < 1.29 is 4.39 Å². The lowest BCUT2D eigenvalue weighted by Gasteiger charge is -2.40. The molecule has 0 bridgehead atoms. The van der Waals surface area contributed by atoms with Gasteiger partial charge in [-0.3, -0.25) is 14.5 Å². The van der Waals surface area contributed by atoms with Gasteiger partial charge in [-0.25, -0.2) is 4.39 Å². The molecule has 0 amide bonds. The molecule has 5 heteroatoms. The standard InChI is InChI=1S/C20H27FN4/c1-23-12-18(11-22-23)14-24-9-2-7-20(15-24)8-10-25(16-20)13-17-3-5-19(21)6-4-17/h3-6,11-12H,2,7-10,13-16H2,1H3/t20-/m1/s1. The molecule has 25 heavy (non-hydrogen) atoms. The van der Waals surface area contributed by atoms with Gasteiger partial charge in [0.1, 0.15) is 5.82 Å². The first-order valence-corrected chi connectivity index (χ1v) is 9.27. The molecule has 2 saturated heterocycles. The summed E-state index contributed by atoms with van der Waals surface area (Å²) < 4.78 is 15.0. The van der Waals surface area contributed by atoms with Crippen molar-refractivity contribution in [2.45, 2.75) is 32.4 Å². The molecule has 1 aromatic heterocycles. The molecule has 2 aliphatic rings. The second kappa shape index (κ2) is 6.89. The minimum absolute atomic E-state index is 0.153. The third-order valence-electron chi connectivity index (χ3n) is 5.74. The molecule has 1 spiro atoms. The summed E-state index contributed by atoms with van der Waals surface area (Å²) in [4.78, 5) is 5.14. The van der Waals surface area contributed by atoms with Crippen LogP contribution in [0.3, 0.4) is 0 Å². The Morgan fingerprint density at radius 2 is 1.72 bits per heavy atom. The SMILES string of the molecule is Cn1cc(CN2CCC[C@@]3(CCN(Cc4ccc(F)cc4)C3)C2)cn1. The maximum atomic E-state index is 13.1. The quantitative estimate of drug-likeness (QED) is 0.853. The number of aryl methyl sites for hydroxylation is 1. The molecule has 0 aliphatic carbocycles. The van der Waals surface area contributed by atoms with Gasteiger partial charge in [0.25, 0.3) is 0 Å². The van der Waals surface area contributed by atoms with E-state index in [4.69, 9.17) is 0 Å². The van der Waals surface area contributed by atoms with Crippen molar-refractivity contribution in [3.63, 3.8) is 0 Å². The average molecular weight is 342 g/mol. The fourth-order valence-corrected chi connectivity index (χ4v) is 4.60. The van der Waals surface area contributed by atoms with E-state index < -0.39 is 0 Å². The van der Waals surface area contributed by atoms with E-state index in [0.29, 0.717) is 5.41 Å². The predicted octanol–water partition coefficient (Wildman–Crippen LogP) is 3.05. The van der Waals surface area contributed by atoms with Crippen LogP contribution in [0.25, 0.3) is 0 Å². The maximum absolute atomic E-state index is 13.1. The summed E-state index contributed by atoms with van der Waals surface area (Å²) in [5, 5.41) is 4.29. The molecule has 4 rings (SSSR count). The van der Waals surface area contributed by atoms with Crippen molar-refractivity contribution in [2.75, 3.05) is 26.2 Å². The molecule has 3 heterocycles.